The largest absolute Gasteiger partial charge is 0.329 e. The third-order valence-electron chi connectivity index (χ3n) is 4.15. The molecule has 1 amide bonds. The number of rotatable bonds is 3. The lowest BCUT2D eigenvalue weighted by molar-refractivity contribution is -0.116. The molecule has 0 aliphatic rings. The van der Waals surface area contributed by atoms with Gasteiger partial charge in [0.1, 0.15) is 6.54 Å². The number of carbonyl (C=O) groups is 1. The minimum atomic E-state index is -0.579. The molecule has 4 aromatic rings. The molecular formula is C17H14N6O3. The van der Waals surface area contributed by atoms with Gasteiger partial charge in [-0.1, -0.05) is 12.1 Å². The highest BCUT2D eigenvalue weighted by molar-refractivity contribution is 6.01. The molecule has 26 heavy (non-hydrogen) atoms. The van der Waals surface area contributed by atoms with Crippen LogP contribution in [0.15, 0.2) is 52.6 Å². The molecule has 2 N–H and O–H groups in total. The van der Waals surface area contributed by atoms with Crippen molar-refractivity contribution in [2.45, 2.75) is 6.54 Å². The minimum Gasteiger partial charge on any atom is -0.324 e. The van der Waals surface area contributed by atoms with Crippen LogP contribution in [0, 0.1) is 0 Å². The fourth-order valence-electron chi connectivity index (χ4n) is 2.88. The minimum absolute atomic E-state index is 0.112. The van der Waals surface area contributed by atoms with E-state index < -0.39 is 11.2 Å². The molecule has 9 nitrogen and oxygen atoms in total. The number of carbonyl (C=O) groups excluding carboxylic acids is 1. The second kappa shape index (κ2) is 5.96. The molecule has 0 saturated carbocycles. The van der Waals surface area contributed by atoms with Gasteiger partial charge in [-0.25, -0.2) is 9.78 Å². The van der Waals surface area contributed by atoms with Crippen LogP contribution in [0.3, 0.4) is 0 Å². The Hall–Kier alpha value is -3.75. The van der Waals surface area contributed by atoms with E-state index in [9.17, 15) is 14.4 Å². The summed E-state index contributed by atoms with van der Waals surface area (Å²) < 4.78 is 2.64. The quantitative estimate of drug-likeness (QED) is 0.562. The number of nitrogens with one attached hydrogen (secondary N) is 2. The van der Waals surface area contributed by atoms with Gasteiger partial charge in [-0.2, -0.15) is 0 Å². The van der Waals surface area contributed by atoms with Crippen molar-refractivity contribution in [3.8, 4) is 0 Å². The lowest BCUT2D eigenvalue weighted by Crippen LogP contribution is -2.30. The van der Waals surface area contributed by atoms with Crippen LogP contribution in [0.1, 0.15) is 0 Å². The molecule has 4 rings (SSSR count). The molecular weight excluding hydrogens is 336 g/mol. The first kappa shape index (κ1) is 15.8. The summed E-state index contributed by atoms with van der Waals surface area (Å²) in [6.45, 7) is -0.112. The summed E-state index contributed by atoms with van der Waals surface area (Å²) in [5.74, 6) is -0.318. The number of aromatic nitrogens is 5. The number of amides is 1. The number of hydrogen-bond acceptors (Lipinski definition) is 5. The van der Waals surface area contributed by atoms with Gasteiger partial charge in [-0.3, -0.25) is 24.1 Å². The van der Waals surface area contributed by atoms with E-state index in [2.05, 4.69) is 20.3 Å². The normalized spacial score (nSPS) is 11.1. The van der Waals surface area contributed by atoms with Gasteiger partial charge in [0.15, 0.2) is 11.2 Å². The summed E-state index contributed by atoms with van der Waals surface area (Å²) in [4.78, 5) is 46.5. The van der Waals surface area contributed by atoms with Crippen LogP contribution in [0.5, 0.6) is 0 Å². The van der Waals surface area contributed by atoms with Crippen LogP contribution in [0.2, 0.25) is 0 Å². The average molecular weight is 350 g/mol. The number of hydrogen-bond donors (Lipinski definition) is 2. The van der Waals surface area contributed by atoms with E-state index in [0.29, 0.717) is 5.69 Å². The maximum absolute atomic E-state index is 12.5. The van der Waals surface area contributed by atoms with Gasteiger partial charge in [0.2, 0.25) is 5.91 Å². The van der Waals surface area contributed by atoms with Gasteiger partial charge in [0.05, 0.1) is 6.33 Å². The van der Waals surface area contributed by atoms with E-state index in [4.69, 9.17) is 0 Å². The molecule has 9 heteroatoms. The monoisotopic (exact) mass is 350 g/mol. The van der Waals surface area contributed by atoms with E-state index in [0.717, 1.165) is 10.8 Å². The number of benzene rings is 1. The molecule has 0 bridgehead atoms. The van der Waals surface area contributed by atoms with Crippen LogP contribution in [-0.4, -0.2) is 30.0 Å². The smallest absolute Gasteiger partial charge is 0.324 e. The predicted molar refractivity (Wildman–Crippen MR) is 96.0 cm³/mol. The van der Waals surface area contributed by atoms with Gasteiger partial charge in [0.25, 0.3) is 5.56 Å². The van der Waals surface area contributed by atoms with Crippen LogP contribution in [-0.2, 0) is 18.4 Å². The van der Waals surface area contributed by atoms with Gasteiger partial charge in [0, 0.05) is 35.9 Å². The average Bonchev–Trinajstić information content (AvgIpc) is 3.04. The van der Waals surface area contributed by atoms with Gasteiger partial charge in [-0.15, -0.1) is 0 Å². The van der Waals surface area contributed by atoms with Crippen LogP contribution in [0.4, 0.5) is 5.69 Å². The Kier molecular flexibility index (Phi) is 3.61. The summed E-state index contributed by atoms with van der Waals surface area (Å²) in [5.41, 5.74) is -0.0843. The summed E-state index contributed by atoms with van der Waals surface area (Å²) in [6.07, 6.45) is 4.74. The number of anilines is 1. The van der Waals surface area contributed by atoms with Crippen molar-refractivity contribution < 1.29 is 4.79 Å². The van der Waals surface area contributed by atoms with Crippen molar-refractivity contribution in [1.29, 1.82) is 0 Å². The van der Waals surface area contributed by atoms with Crippen molar-refractivity contribution in [2.75, 3.05) is 5.32 Å². The van der Waals surface area contributed by atoms with Crippen molar-refractivity contribution >= 4 is 33.5 Å². The fraction of sp³-hybridized carbons (Fsp3) is 0.118. The Morgan fingerprint density at radius 2 is 2.12 bits per heavy atom. The first-order valence-corrected chi connectivity index (χ1v) is 7.81. The molecule has 1 aromatic carbocycles. The summed E-state index contributed by atoms with van der Waals surface area (Å²) in [6, 6.07) is 7.34. The lowest BCUT2D eigenvalue weighted by atomic mass is 10.1. The molecule has 0 saturated heterocycles. The van der Waals surface area contributed by atoms with Crippen molar-refractivity contribution in [1.82, 2.24) is 24.1 Å². The topological polar surface area (TPSA) is 115 Å². The van der Waals surface area contributed by atoms with Gasteiger partial charge >= 0.3 is 5.69 Å². The number of pyridine rings is 1. The molecule has 0 fully saturated rings. The van der Waals surface area contributed by atoms with Crippen LogP contribution >= 0.6 is 0 Å². The number of aromatic amines is 1. The van der Waals surface area contributed by atoms with Crippen LogP contribution < -0.4 is 16.6 Å². The zero-order chi connectivity index (χ0) is 18.3. The number of aryl methyl sites for hydroxylation is 1. The van der Waals surface area contributed by atoms with Crippen LogP contribution in [0.25, 0.3) is 21.9 Å². The predicted octanol–water partition coefficient (Wildman–Crippen LogP) is 0.610. The Balaban J connectivity index is 1.67. The molecule has 0 spiro atoms. The molecule has 3 heterocycles. The second-order valence-corrected chi connectivity index (χ2v) is 5.81. The Morgan fingerprint density at radius 3 is 2.96 bits per heavy atom. The van der Waals surface area contributed by atoms with Gasteiger partial charge < -0.3 is 9.88 Å². The zero-order valence-corrected chi connectivity index (χ0v) is 13.8. The summed E-state index contributed by atoms with van der Waals surface area (Å²) >= 11 is 0. The first-order chi connectivity index (χ1) is 12.5. The SMILES string of the molecule is Cn1c(=O)[nH]c(=O)c2c1ncn2CC(=O)Nc1cccc2cnccc12. The molecule has 0 unspecified atom stereocenters. The molecule has 3 aromatic heterocycles. The molecule has 0 radical (unpaired) electrons. The molecule has 0 aliphatic heterocycles. The maximum atomic E-state index is 12.5. The number of H-pyrrole nitrogens is 1. The standard InChI is InChI=1S/C17H14N6O3/c1-22-15-14(16(25)21-17(22)26)23(9-19-15)8-13(24)20-12-4-2-3-10-7-18-6-5-11(10)12/h2-7,9H,8H2,1H3,(H,20,24)(H,21,25,26). The first-order valence-electron chi connectivity index (χ1n) is 7.81. The summed E-state index contributed by atoms with van der Waals surface area (Å²) in [5, 5.41) is 4.61. The highest BCUT2D eigenvalue weighted by atomic mass is 16.2. The number of imidazole rings is 1. The number of fused-ring (bicyclic) bond motifs is 2. The number of nitrogens with zero attached hydrogens (tertiary/aromatic N) is 4. The van der Waals surface area contributed by atoms with Crippen molar-refractivity contribution in [3.05, 3.63) is 63.8 Å². The lowest BCUT2D eigenvalue weighted by Gasteiger charge is -2.09. The second-order valence-electron chi connectivity index (χ2n) is 5.81. The Morgan fingerprint density at radius 1 is 1.27 bits per heavy atom. The Bertz CT molecular complexity index is 1260. The van der Waals surface area contributed by atoms with E-state index in [1.807, 2.05) is 18.2 Å². The zero-order valence-electron chi connectivity index (χ0n) is 13.8. The highest BCUT2D eigenvalue weighted by Crippen LogP contribution is 2.22. The van der Waals surface area contributed by atoms with E-state index in [1.165, 1.54) is 22.5 Å². The molecule has 0 atom stereocenters. The van der Waals surface area contributed by atoms with Crippen molar-refractivity contribution in [3.63, 3.8) is 0 Å². The molecule has 130 valence electrons. The third kappa shape index (κ3) is 2.55. The fourth-order valence-corrected chi connectivity index (χ4v) is 2.88. The van der Waals surface area contributed by atoms with E-state index in [-0.39, 0.29) is 23.6 Å². The molecule has 0 aliphatic carbocycles. The highest BCUT2D eigenvalue weighted by Gasteiger charge is 2.14. The maximum Gasteiger partial charge on any atom is 0.329 e. The summed E-state index contributed by atoms with van der Waals surface area (Å²) in [7, 11) is 1.50. The third-order valence-corrected chi connectivity index (χ3v) is 4.15. The van der Waals surface area contributed by atoms with Crippen molar-refractivity contribution in [2.24, 2.45) is 7.05 Å². The van der Waals surface area contributed by atoms with E-state index >= 15 is 0 Å². The van der Waals surface area contributed by atoms with E-state index in [1.54, 1.807) is 18.5 Å². The van der Waals surface area contributed by atoms with Gasteiger partial charge in [-0.05, 0) is 12.1 Å². The Labute approximate surface area is 145 Å².